The molecule has 1 atom stereocenters. The van der Waals surface area contributed by atoms with E-state index in [0.717, 1.165) is 53.9 Å². The molecule has 0 fully saturated rings. The predicted octanol–water partition coefficient (Wildman–Crippen LogP) is 9.22. The number of aliphatic carboxylic acids is 1. The standard InChI is InChI=1S/C40H49NO8S3/c1-29-20-21-32(51(44,45)46)27-34(29)40(5,24-12-7-10-19-38(42)43)30(2)15-8-6-9-18-37-39(3,4)35-28-33(52(47,48)49)22-23-36(35)41(37)25-13-11-16-31-17-14-26-50-31/h6,8-9,14-15,17-18,20-23,26-28H,2,7,10-13,16,19,24-25H2,1,3-5H3,(H,42,43)(H,44,45,46)(H,47,48,49)/b9-6+,15-8+,37-18+. The monoisotopic (exact) mass is 767 g/mol. The lowest BCUT2D eigenvalue weighted by Gasteiger charge is -2.33. The molecule has 1 unspecified atom stereocenters. The first-order chi connectivity index (χ1) is 24.4. The van der Waals surface area contributed by atoms with E-state index in [1.54, 1.807) is 29.5 Å². The predicted molar refractivity (Wildman–Crippen MR) is 208 cm³/mol. The molecule has 2 aromatic carbocycles. The van der Waals surface area contributed by atoms with Gasteiger partial charge >= 0.3 is 5.97 Å². The molecule has 0 saturated carbocycles. The molecule has 0 amide bonds. The molecular formula is C40H49NO8S3. The number of benzene rings is 2. The van der Waals surface area contributed by atoms with Gasteiger partial charge in [-0.15, -0.1) is 11.3 Å². The van der Waals surface area contributed by atoms with Gasteiger partial charge in [0.05, 0.1) is 9.79 Å². The van der Waals surface area contributed by atoms with Gasteiger partial charge in [0.25, 0.3) is 20.2 Å². The molecule has 280 valence electrons. The lowest BCUT2D eigenvalue weighted by Crippen LogP contribution is -2.27. The van der Waals surface area contributed by atoms with E-state index in [4.69, 9.17) is 5.11 Å². The number of nitrogens with zero attached hydrogens (tertiary/aromatic N) is 1. The maximum Gasteiger partial charge on any atom is 0.303 e. The van der Waals surface area contributed by atoms with Crippen molar-refractivity contribution >= 4 is 43.2 Å². The van der Waals surface area contributed by atoms with Crippen LogP contribution in [0.5, 0.6) is 0 Å². The van der Waals surface area contributed by atoms with E-state index in [-0.39, 0.29) is 16.2 Å². The molecule has 1 aromatic heterocycles. The van der Waals surface area contributed by atoms with Crippen molar-refractivity contribution in [3.63, 3.8) is 0 Å². The number of carbonyl (C=O) groups is 1. The summed E-state index contributed by atoms with van der Waals surface area (Å²) in [5, 5.41) is 11.1. The summed E-state index contributed by atoms with van der Waals surface area (Å²) in [7, 11) is -8.82. The van der Waals surface area contributed by atoms with Gasteiger partial charge in [-0.25, -0.2) is 0 Å². The summed E-state index contributed by atoms with van der Waals surface area (Å²) in [5.74, 6) is -0.849. The molecule has 0 spiro atoms. The van der Waals surface area contributed by atoms with E-state index in [2.05, 4.69) is 29.0 Å². The molecule has 0 aliphatic carbocycles. The molecule has 9 nitrogen and oxygen atoms in total. The number of allylic oxidation sites excluding steroid dienone is 7. The Hall–Kier alpha value is -3.81. The first-order valence-corrected chi connectivity index (χ1v) is 21.1. The van der Waals surface area contributed by atoms with E-state index < -0.39 is 37.0 Å². The normalized spacial score (nSPS) is 16.5. The van der Waals surface area contributed by atoms with E-state index in [1.165, 1.54) is 23.1 Å². The summed E-state index contributed by atoms with van der Waals surface area (Å²) >= 11 is 1.74. The molecule has 0 radical (unpaired) electrons. The number of hydrogen-bond donors (Lipinski definition) is 3. The van der Waals surface area contributed by atoms with Crippen molar-refractivity contribution < 1.29 is 35.8 Å². The van der Waals surface area contributed by atoms with Crippen LogP contribution in [-0.4, -0.2) is 43.6 Å². The first-order valence-electron chi connectivity index (χ1n) is 17.3. The number of carboxylic acid groups (broad SMARTS) is 1. The zero-order valence-electron chi connectivity index (χ0n) is 30.2. The van der Waals surface area contributed by atoms with Crippen LogP contribution >= 0.6 is 11.3 Å². The van der Waals surface area contributed by atoms with Crippen molar-refractivity contribution in [2.24, 2.45) is 0 Å². The van der Waals surface area contributed by atoms with Crippen molar-refractivity contribution in [1.29, 1.82) is 0 Å². The molecule has 2 heterocycles. The zero-order chi connectivity index (χ0) is 38.3. The zero-order valence-corrected chi connectivity index (χ0v) is 32.7. The van der Waals surface area contributed by atoms with Gasteiger partial charge in [0, 0.05) is 40.1 Å². The second kappa shape index (κ2) is 16.9. The summed E-state index contributed by atoms with van der Waals surface area (Å²) in [6.45, 7) is 13.0. The SMILES string of the molecule is C=C(/C=C/C=C/C=C1/N(CCCCc2cccs2)c2ccc(S(=O)(=O)O)cc2C1(C)C)C(C)(CCCCCC(=O)O)c1cc(S(=O)(=O)O)ccc1C. The minimum absolute atomic E-state index is 0.0747. The Bertz CT molecular complexity index is 2080. The van der Waals surface area contributed by atoms with Gasteiger partial charge < -0.3 is 10.0 Å². The molecule has 0 saturated heterocycles. The van der Waals surface area contributed by atoms with Crippen LogP contribution in [0.4, 0.5) is 5.69 Å². The Labute approximate surface area is 312 Å². The Kier molecular flexibility index (Phi) is 13.3. The third-order valence-electron chi connectivity index (χ3n) is 9.95. The van der Waals surface area contributed by atoms with Gasteiger partial charge in [0.1, 0.15) is 0 Å². The molecule has 3 N–H and O–H groups in total. The fraction of sp³-hybridized carbons (Fsp3) is 0.375. The molecule has 3 aromatic rings. The summed E-state index contributed by atoms with van der Waals surface area (Å²) in [6.07, 6.45) is 15.0. The number of carboxylic acids is 1. The third-order valence-corrected chi connectivity index (χ3v) is 12.6. The minimum Gasteiger partial charge on any atom is -0.481 e. The maximum atomic E-state index is 12.0. The highest BCUT2D eigenvalue weighted by molar-refractivity contribution is 7.86. The van der Waals surface area contributed by atoms with Crippen molar-refractivity contribution in [1.82, 2.24) is 0 Å². The number of rotatable bonds is 18. The van der Waals surface area contributed by atoms with Gasteiger partial charge in [-0.3, -0.25) is 13.9 Å². The second-order valence-electron chi connectivity index (χ2n) is 14.0. The highest BCUT2D eigenvalue weighted by Crippen LogP contribution is 2.48. The highest BCUT2D eigenvalue weighted by atomic mass is 32.2. The Balaban J connectivity index is 1.61. The van der Waals surface area contributed by atoms with Gasteiger partial charge in [0.15, 0.2) is 0 Å². The minimum atomic E-state index is -4.44. The van der Waals surface area contributed by atoms with Gasteiger partial charge in [-0.05, 0) is 109 Å². The summed E-state index contributed by atoms with van der Waals surface area (Å²) in [5.41, 5.74) is 3.70. The second-order valence-corrected chi connectivity index (χ2v) is 17.9. The highest BCUT2D eigenvalue weighted by Gasteiger charge is 2.40. The lowest BCUT2D eigenvalue weighted by atomic mass is 9.71. The average molecular weight is 768 g/mol. The molecular weight excluding hydrogens is 719 g/mol. The maximum absolute atomic E-state index is 12.0. The van der Waals surface area contributed by atoms with E-state index in [1.807, 2.05) is 58.1 Å². The molecule has 4 rings (SSSR count). The van der Waals surface area contributed by atoms with Crippen LogP contribution < -0.4 is 4.90 Å². The Morgan fingerprint density at radius 1 is 0.923 bits per heavy atom. The smallest absolute Gasteiger partial charge is 0.303 e. The molecule has 12 heteroatoms. The van der Waals surface area contributed by atoms with Crippen LogP contribution in [0, 0.1) is 6.92 Å². The number of aryl methyl sites for hydroxylation is 2. The van der Waals surface area contributed by atoms with E-state index in [9.17, 15) is 30.7 Å². The summed E-state index contributed by atoms with van der Waals surface area (Å²) in [4.78, 5) is 14.2. The van der Waals surface area contributed by atoms with E-state index in [0.29, 0.717) is 31.2 Å². The molecule has 0 bridgehead atoms. The van der Waals surface area contributed by atoms with Crippen molar-refractivity contribution in [2.45, 2.75) is 99.7 Å². The van der Waals surface area contributed by atoms with Crippen LogP contribution in [0.1, 0.15) is 87.3 Å². The number of unbranched alkanes of at least 4 members (excludes halogenated alkanes) is 3. The van der Waals surface area contributed by atoms with Crippen LogP contribution in [0.3, 0.4) is 0 Å². The number of fused-ring (bicyclic) bond motifs is 1. The molecule has 1 aliphatic heterocycles. The van der Waals surface area contributed by atoms with Crippen molar-refractivity contribution in [3.8, 4) is 0 Å². The summed E-state index contributed by atoms with van der Waals surface area (Å²) in [6, 6.07) is 13.5. The van der Waals surface area contributed by atoms with Crippen molar-refractivity contribution in [3.05, 3.63) is 124 Å². The average Bonchev–Trinajstić information content (AvgIpc) is 3.65. The fourth-order valence-electron chi connectivity index (χ4n) is 6.90. The quantitative estimate of drug-likeness (QED) is 0.0654. The topological polar surface area (TPSA) is 149 Å². The molecule has 1 aliphatic rings. The van der Waals surface area contributed by atoms with E-state index >= 15 is 0 Å². The number of hydrogen-bond acceptors (Lipinski definition) is 7. The molecule has 52 heavy (non-hydrogen) atoms. The lowest BCUT2D eigenvalue weighted by molar-refractivity contribution is -0.137. The Morgan fingerprint density at radius 3 is 2.27 bits per heavy atom. The van der Waals surface area contributed by atoms with Gasteiger partial charge in [-0.2, -0.15) is 16.8 Å². The largest absolute Gasteiger partial charge is 0.481 e. The van der Waals surface area contributed by atoms with Gasteiger partial charge in [-0.1, -0.05) is 76.6 Å². The van der Waals surface area contributed by atoms with Crippen LogP contribution in [0.15, 0.2) is 112 Å². The van der Waals surface area contributed by atoms with Crippen molar-refractivity contribution in [2.75, 3.05) is 11.4 Å². The number of anilines is 1. The van der Waals surface area contributed by atoms with Crippen LogP contribution in [0.2, 0.25) is 0 Å². The first kappa shape index (κ1) is 41.0. The van der Waals surface area contributed by atoms with Gasteiger partial charge in [0.2, 0.25) is 0 Å². The summed E-state index contributed by atoms with van der Waals surface area (Å²) < 4.78 is 67.7. The number of thiophene rings is 1. The Morgan fingerprint density at radius 2 is 1.62 bits per heavy atom. The van der Waals surface area contributed by atoms with Crippen LogP contribution in [-0.2, 0) is 42.3 Å². The third kappa shape index (κ3) is 9.99. The fourth-order valence-corrected chi connectivity index (χ4v) is 8.67. The van der Waals surface area contributed by atoms with Crippen LogP contribution in [0.25, 0.3) is 0 Å².